The summed E-state index contributed by atoms with van der Waals surface area (Å²) in [5.74, 6) is 0.245. The number of nitrogens with zero attached hydrogens (tertiary/aromatic N) is 2. The number of alkyl carbamates (subject to hydrolysis) is 2. The largest absolute Gasteiger partial charge is 0.453 e. The molecule has 16 nitrogen and oxygen atoms in total. The van der Waals surface area contributed by atoms with Crippen molar-refractivity contribution in [1.29, 1.82) is 0 Å². The monoisotopic (exact) mass is 960 g/mol. The SMILES string of the molecule is COC(=O)NCCO[C@@H](c1cccc(Cl)c1)[C@@H]1CCCN(C(=O)OC(C)(C)C)C1.COC(=O)NCCO[C@@H](c1ccccc1)[C@@H]1CCCN(C(=O)OC(C)(C)C)C1.O.O.[Pd]. The van der Waals surface area contributed by atoms with E-state index in [4.69, 9.17) is 30.5 Å². The Kier molecular flexibility index (Phi) is 26.3. The average molecular weight is 962 g/mol. The first kappa shape index (κ1) is 56.3. The minimum Gasteiger partial charge on any atom is -0.453 e. The van der Waals surface area contributed by atoms with E-state index in [-0.39, 0.29) is 67.6 Å². The van der Waals surface area contributed by atoms with E-state index in [1.165, 1.54) is 14.2 Å². The first-order chi connectivity index (χ1) is 27.0. The van der Waals surface area contributed by atoms with Crippen LogP contribution < -0.4 is 10.6 Å². The molecule has 2 aliphatic heterocycles. The summed E-state index contributed by atoms with van der Waals surface area (Å²) in [5.41, 5.74) is 0.967. The van der Waals surface area contributed by atoms with E-state index in [9.17, 15) is 19.2 Å². The van der Waals surface area contributed by atoms with Crippen molar-refractivity contribution in [2.45, 2.75) is 90.6 Å². The van der Waals surface area contributed by atoms with Gasteiger partial charge in [-0.3, -0.25) is 0 Å². The van der Waals surface area contributed by atoms with Crippen molar-refractivity contribution < 1.29 is 79.0 Å². The minimum absolute atomic E-state index is 0. The number of benzene rings is 2. The van der Waals surface area contributed by atoms with Gasteiger partial charge in [0.1, 0.15) is 11.2 Å². The zero-order chi connectivity index (χ0) is 42.0. The second-order valence-corrected chi connectivity index (χ2v) is 16.5. The molecule has 2 aliphatic rings. The summed E-state index contributed by atoms with van der Waals surface area (Å²) in [6.45, 7) is 15.0. The molecule has 4 rings (SSSR count). The maximum Gasteiger partial charge on any atom is 0.410 e. The molecule has 2 saturated heterocycles. The van der Waals surface area contributed by atoms with Gasteiger partial charge in [0.15, 0.2) is 0 Å². The van der Waals surface area contributed by atoms with Gasteiger partial charge in [0.05, 0.1) is 39.6 Å². The predicted molar refractivity (Wildman–Crippen MR) is 224 cm³/mol. The van der Waals surface area contributed by atoms with Crippen LogP contribution in [0, 0.1) is 11.8 Å². The molecule has 0 aromatic heterocycles. The van der Waals surface area contributed by atoms with E-state index >= 15 is 0 Å². The normalized spacial score (nSPS) is 17.3. The third kappa shape index (κ3) is 20.7. The first-order valence-corrected chi connectivity index (χ1v) is 20.0. The van der Waals surface area contributed by atoms with E-state index in [2.05, 4.69) is 20.1 Å². The number of piperidine rings is 2. The summed E-state index contributed by atoms with van der Waals surface area (Å²) in [4.78, 5) is 51.0. The molecule has 0 unspecified atom stereocenters. The third-order valence-corrected chi connectivity index (χ3v) is 9.32. The van der Waals surface area contributed by atoms with Gasteiger partial charge in [-0.2, -0.15) is 0 Å². The molecular weight excluding hydrogens is 894 g/mol. The molecule has 0 radical (unpaired) electrons. The van der Waals surface area contributed by atoms with Crippen LogP contribution in [0.3, 0.4) is 0 Å². The van der Waals surface area contributed by atoms with Crippen molar-refractivity contribution in [3.05, 3.63) is 70.7 Å². The topological polar surface area (TPSA) is 217 Å². The van der Waals surface area contributed by atoms with E-state index in [0.29, 0.717) is 57.5 Å². The van der Waals surface area contributed by atoms with Crippen molar-refractivity contribution in [3.63, 3.8) is 0 Å². The Morgan fingerprint density at radius 3 is 1.50 bits per heavy atom. The molecule has 18 heteroatoms. The number of carbonyl (C=O) groups excluding carboxylic acids is 4. The van der Waals surface area contributed by atoms with Gasteiger partial charge in [0.2, 0.25) is 0 Å². The molecular formula is C42H67ClN4O12Pd. The fraction of sp³-hybridized carbons (Fsp3) is 0.619. The molecule has 0 aliphatic carbocycles. The number of methoxy groups -OCH3 is 2. The molecule has 2 fully saturated rings. The number of hydrogen-bond donors (Lipinski definition) is 2. The maximum absolute atomic E-state index is 12.5. The Bertz CT molecular complexity index is 1560. The minimum atomic E-state index is -0.535. The van der Waals surface area contributed by atoms with Crippen molar-refractivity contribution in [3.8, 4) is 0 Å². The molecule has 344 valence electrons. The van der Waals surface area contributed by atoms with Crippen LogP contribution in [-0.4, -0.2) is 123 Å². The number of carbonyl (C=O) groups is 4. The number of rotatable bonds is 12. The van der Waals surface area contributed by atoms with Crippen LogP contribution >= 0.6 is 11.6 Å². The number of nitrogens with one attached hydrogen (secondary N) is 2. The second-order valence-electron chi connectivity index (χ2n) is 16.0. The molecule has 2 aromatic rings. The Balaban J connectivity index is 0.00000111. The molecule has 60 heavy (non-hydrogen) atoms. The number of likely N-dealkylation sites (tertiary alicyclic amines) is 2. The van der Waals surface area contributed by atoms with Gasteiger partial charge in [0.25, 0.3) is 0 Å². The predicted octanol–water partition coefficient (Wildman–Crippen LogP) is 6.50. The number of amides is 4. The zero-order valence-corrected chi connectivity index (χ0v) is 38.5. The summed E-state index contributed by atoms with van der Waals surface area (Å²) >= 11 is 6.19. The summed E-state index contributed by atoms with van der Waals surface area (Å²) in [6, 6.07) is 17.5. The van der Waals surface area contributed by atoms with Crippen molar-refractivity contribution >= 4 is 36.0 Å². The Morgan fingerprint density at radius 1 is 0.683 bits per heavy atom. The van der Waals surface area contributed by atoms with Gasteiger partial charge in [-0.15, -0.1) is 0 Å². The van der Waals surface area contributed by atoms with Gasteiger partial charge < -0.3 is 59.8 Å². The van der Waals surface area contributed by atoms with Gasteiger partial charge in [-0.25, -0.2) is 19.2 Å². The number of halogens is 1. The molecule has 4 atom stereocenters. The first-order valence-electron chi connectivity index (χ1n) is 19.6. The summed E-state index contributed by atoms with van der Waals surface area (Å²) in [6.07, 6.45) is 1.67. The summed E-state index contributed by atoms with van der Waals surface area (Å²) in [5, 5.41) is 5.86. The summed E-state index contributed by atoms with van der Waals surface area (Å²) < 4.78 is 32.5. The number of hydrogen-bond acceptors (Lipinski definition) is 10. The molecule has 4 amide bonds. The van der Waals surface area contributed by atoms with E-state index in [0.717, 1.165) is 36.8 Å². The average Bonchev–Trinajstić information content (AvgIpc) is 3.17. The standard InChI is InChI=1S/C21H31ClN2O5.C21H32N2O5.2H2O.Pd/c1-21(2,3)29-20(26)24-11-6-8-16(14-24)18(15-7-5-9-17(22)13-15)28-12-10-23-19(25)27-4;1-21(2,3)28-20(25)23-13-8-11-17(15-23)18(16-9-6-5-7-10-16)27-14-12-22-19(24)26-4;;;/h5,7,9,13,16,18H,6,8,10-12,14H2,1-4H3,(H,23,25);5-7,9-10,17-18H,8,11-15H2,1-4H3,(H,22,24);2*1H2;/t16-,18+;17-,18+;;;/m11.../s1. The Labute approximate surface area is 373 Å². The Hall–Kier alpha value is -3.69. The molecule has 2 heterocycles. The molecule has 2 aromatic carbocycles. The molecule has 0 bridgehead atoms. The van der Waals surface area contributed by atoms with E-state index in [1.807, 2.05) is 96.1 Å². The van der Waals surface area contributed by atoms with Crippen LogP contribution in [0.4, 0.5) is 19.2 Å². The fourth-order valence-corrected chi connectivity index (χ4v) is 6.86. The molecule has 0 spiro atoms. The maximum atomic E-state index is 12.5. The molecule has 0 saturated carbocycles. The number of ether oxygens (including phenoxy) is 6. The smallest absolute Gasteiger partial charge is 0.410 e. The van der Waals surface area contributed by atoms with Gasteiger partial charge in [0, 0.05) is 76.5 Å². The van der Waals surface area contributed by atoms with Crippen LogP contribution in [0.1, 0.15) is 90.6 Å². The Morgan fingerprint density at radius 2 is 1.10 bits per heavy atom. The van der Waals surface area contributed by atoms with Gasteiger partial charge in [-0.05, 0) is 90.5 Å². The van der Waals surface area contributed by atoms with Crippen molar-refractivity contribution in [2.24, 2.45) is 11.8 Å². The van der Waals surface area contributed by atoms with Crippen LogP contribution in [0.25, 0.3) is 0 Å². The van der Waals surface area contributed by atoms with Gasteiger partial charge in [-0.1, -0.05) is 54.1 Å². The van der Waals surface area contributed by atoms with Crippen LogP contribution in [0.2, 0.25) is 5.02 Å². The molecule has 6 N–H and O–H groups in total. The second kappa shape index (κ2) is 28.0. The fourth-order valence-electron chi connectivity index (χ4n) is 6.66. The van der Waals surface area contributed by atoms with E-state index in [1.54, 1.807) is 9.80 Å². The van der Waals surface area contributed by atoms with Crippen molar-refractivity contribution in [2.75, 3.05) is 66.7 Å². The quantitative estimate of drug-likeness (QED) is 0.134. The van der Waals surface area contributed by atoms with Crippen LogP contribution in [0.5, 0.6) is 0 Å². The third-order valence-electron chi connectivity index (χ3n) is 9.09. The zero-order valence-electron chi connectivity index (χ0n) is 36.2. The van der Waals surface area contributed by atoms with Crippen LogP contribution in [0.15, 0.2) is 54.6 Å². The van der Waals surface area contributed by atoms with Gasteiger partial charge >= 0.3 is 24.4 Å². The van der Waals surface area contributed by atoms with E-state index < -0.39 is 23.4 Å². The summed E-state index contributed by atoms with van der Waals surface area (Å²) in [7, 11) is 2.65. The van der Waals surface area contributed by atoms with Crippen molar-refractivity contribution in [1.82, 2.24) is 20.4 Å². The van der Waals surface area contributed by atoms with Crippen LogP contribution in [-0.2, 0) is 48.8 Å².